The molecular formula is C21H24N6OS. The van der Waals surface area contributed by atoms with Crippen molar-refractivity contribution in [2.45, 2.75) is 24.5 Å². The first-order chi connectivity index (χ1) is 14.2. The van der Waals surface area contributed by atoms with E-state index in [9.17, 15) is 4.79 Å². The lowest BCUT2D eigenvalue weighted by molar-refractivity contribution is -0.113. The van der Waals surface area contributed by atoms with Gasteiger partial charge < -0.3 is 9.88 Å². The van der Waals surface area contributed by atoms with Crippen molar-refractivity contribution < 1.29 is 4.79 Å². The van der Waals surface area contributed by atoms with Gasteiger partial charge in [-0.1, -0.05) is 23.9 Å². The molecule has 1 aliphatic heterocycles. The topological polar surface area (TPSA) is 75.9 Å². The second-order valence-electron chi connectivity index (χ2n) is 7.12. The normalized spacial score (nSPS) is 14.2. The Bertz CT molecular complexity index is 951. The maximum atomic E-state index is 12.3. The lowest BCUT2D eigenvalue weighted by atomic mass is 10.2. The second-order valence-corrected chi connectivity index (χ2v) is 8.06. The van der Waals surface area contributed by atoms with Crippen LogP contribution in [0.3, 0.4) is 0 Å². The van der Waals surface area contributed by atoms with Crippen LogP contribution in [0.2, 0.25) is 0 Å². The summed E-state index contributed by atoms with van der Waals surface area (Å²) < 4.78 is 1.89. The number of anilines is 1. The van der Waals surface area contributed by atoms with Crippen LogP contribution < -0.4 is 5.32 Å². The Morgan fingerprint density at radius 3 is 2.52 bits per heavy atom. The summed E-state index contributed by atoms with van der Waals surface area (Å²) >= 11 is 1.37. The lowest BCUT2D eigenvalue weighted by Crippen LogP contribution is -2.18. The molecule has 1 saturated heterocycles. The maximum Gasteiger partial charge on any atom is 0.234 e. The zero-order valence-electron chi connectivity index (χ0n) is 16.4. The van der Waals surface area contributed by atoms with Gasteiger partial charge in [0.1, 0.15) is 0 Å². The number of hydrogen-bond acceptors (Lipinski definition) is 6. The average Bonchev–Trinajstić information content (AvgIpc) is 3.38. The Kier molecular flexibility index (Phi) is 6.21. The van der Waals surface area contributed by atoms with Crippen LogP contribution in [0.25, 0.3) is 11.4 Å². The first-order valence-corrected chi connectivity index (χ1v) is 10.7. The molecule has 150 valence electrons. The maximum absolute atomic E-state index is 12.3. The number of carbonyl (C=O) groups is 1. The van der Waals surface area contributed by atoms with E-state index in [4.69, 9.17) is 0 Å². The van der Waals surface area contributed by atoms with E-state index in [0.29, 0.717) is 5.16 Å². The summed E-state index contributed by atoms with van der Waals surface area (Å²) in [5.41, 5.74) is 3.04. The van der Waals surface area contributed by atoms with Gasteiger partial charge in [-0.2, -0.15) is 0 Å². The van der Waals surface area contributed by atoms with Crippen molar-refractivity contribution in [3.05, 3.63) is 54.4 Å². The Balaban J connectivity index is 1.29. The summed E-state index contributed by atoms with van der Waals surface area (Å²) in [6, 6.07) is 11.9. The Labute approximate surface area is 174 Å². The molecule has 1 aliphatic rings. The summed E-state index contributed by atoms with van der Waals surface area (Å²) in [4.78, 5) is 18.8. The summed E-state index contributed by atoms with van der Waals surface area (Å²) in [6.45, 7) is 3.34. The minimum Gasteiger partial charge on any atom is -0.325 e. The third-order valence-electron chi connectivity index (χ3n) is 4.95. The molecule has 1 fully saturated rings. The highest BCUT2D eigenvalue weighted by Crippen LogP contribution is 2.22. The van der Waals surface area contributed by atoms with Crippen molar-refractivity contribution in [3.8, 4) is 11.4 Å². The molecule has 0 spiro atoms. The second kappa shape index (κ2) is 9.19. The molecule has 1 N–H and O–H groups in total. The molecule has 29 heavy (non-hydrogen) atoms. The lowest BCUT2D eigenvalue weighted by Gasteiger charge is -2.14. The summed E-state index contributed by atoms with van der Waals surface area (Å²) in [5, 5.41) is 12.1. The third-order valence-corrected chi connectivity index (χ3v) is 5.97. The number of benzene rings is 1. The summed E-state index contributed by atoms with van der Waals surface area (Å²) in [6.07, 6.45) is 6.03. The van der Waals surface area contributed by atoms with Gasteiger partial charge in [-0.05, 0) is 55.8 Å². The predicted octanol–water partition coefficient (Wildman–Crippen LogP) is 3.20. The van der Waals surface area contributed by atoms with Crippen molar-refractivity contribution in [1.29, 1.82) is 0 Å². The zero-order valence-corrected chi connectivity index (χ0v) is 17.2. The van der Waals surface area contributed by atoms with Crippen LogP contribution in [0.4, 0.5) is 5.69 Å². The molecule has 0 bridgehead atoms. The number of pyridine rings is 1. The molecule has 0 saturated carbocycles. The Morgan fingerprint density at radius 1 is 1.07 bits per heavy atom. The quantitative estimate of drug-likeness (QED) is 0.605. The van der Waals surface area contributed by atoms with Crippen LogP contribution in [0.5, 0.6) is 0 Å². The van der Waals surface area contributed by atoms with E-state index < -0.39 is 0 Å². The first kappa shape index (κ1) is 19.6. The van der Waals surface area contributed by atoms with Crippen LogP contribution in [-0.4, -0.2) is 49.4 Å². The molecule has 4 rings (SSSR count). The average molecular weight is 409 g/mol. The summed E-state index contributed by atoms with van der Waals surface area (Å²) in [7, 11) is 1.90. The predicted molar refractivity (Wildman–Crippen MR) is 115 cm³/mol. The molecule has 8 heteroatoms. The first-order valence-electron chi connectivity index (χ1n) is 9.73. The molecule has 0 unspecified atom stereocenters. The van der Waals surface area contributed by atoms with E-state index in [1.54, 1.807) is 12.4 Å². The van der Waals surface area contributed by atoms with Gasteiger partial charge in [0, 0.05) is 37.2 Å². The van der Waals surface area contributed by atoms with Crippen LogP contribution in [0, 0.1) is 0 Å². The van der Waals surface area contributed by atoms with Crippen molar-refractivity contribution in [3.63, 3.8) is 0 Å². The Hall–Kier alpha value is -2.71. The fourth-order valence-corrected chi connectivity index (χ4v) is 4.12. The van der Waals surface area contributed by atoms with Crippen molar-refractivity contribution >= 4 is 23.4 Å². The smallest absolute Gasteiger partial charge is 0.234 e. The molecule has 3 aromatic rings. The number of carbonyl (C=O) groups excluding carboxylic acids is 1. The summed E-state index contributed by atoms with van der Waals surface area (Å²) in [5.74, 6) is 0.970. The molecule has 0 aliphatic carbocycles. The van der Waals surface area contributed by atoms with E-state index >= 15 is 0 Å². The van der Waals surface area contributed by atoms with E-state index in [0.717, 1.165) is 23.6 Å². The highest BCUT2D eigenvalue weighted by atomic mass is 32.2. The molecule has 2 aromatic heterocycles. The van der Waals surface area contributed by atoms with Crippen LogP contribution >= 0.6 is 11.8 Å². The van der Waals surface area contributed by atoms with Gasteiger partial charge in [0.25, 0.3) is 0 Å². The fourth-order valence-electron chi connectivity index (χ4n) is 3.41. The number of likely N-dealkylation sites (tertiary alicyclic amines) is 1. The number of rotatable bonds is 7. The van der Waals surface area contributed by atoms with Crippen molar-refractivity contribution in [1.82, 2.24) is 24.6 Å². The number of amides is 1. The van der Waals surface area contributed by atoms with E-state index in [-0.39, 0.29) is 11.7 Å². The van der Waals surface area contributed by atoms with Crippen LogP contribution in [0.1, 0.15) is 18.4 Å². The SMILES string of the molecule is Cn1c(SCC(=O)Nc2ccc(CN3CCCC3)cc2)nnc1-c1ccncc1. The van der Waals surface area contributed by atoms with Crippen LogP contribution in [0.15, 0.2) is 53.9 Å². The van der Waals surface area contributed by atoms with Gasteiger partial charge in [0.2, 0.25) is 5.91 Å². The fraction of sp³-hybridized carbons (Fsp3) is 0.333. The van der Waals surface area contributed by atoms with Gasteiger partial charge in [-0.3, -0.25) is 14.7 Å². The molecule has 0 radical (unpaired) electrons. The molecule has 3 heterocycles. The van der Waals surface area contributed by atoms with Gasteiger partial charge >= 0.3 is 0 Å². The molecule has 1 aromatic carbocycles. The van der Waals surface area contributed by atoms with Crippen molar-refractivity contribution in [2.24, 2.45) is 7.05 Å². The number of nitrogens with one attached hydrogen (secondary N) is 1. The van der Waals surface area contributed by atoms with Gasteiger partial charge in [0.15, 0.2) is 11.0 Å². The number of nitrogens with zero attached hydrogens (tertiary/aromatic N) is 5. The monoisotopic (exact) mass is 408 g/mol. The molecule has 7 nitrogen and oxygen atoms in total. The largest absolute Gasteiger partial charge is 0.325 e. The molecule has 0 atom stereocenters. The van der Waals surface area contributed by atoms with E-state index in [1.165, 1.54) is 43.3 Å². The Morgan fingerprint density at radius 2 is 1.79 bits per heavy atom. The van der Waals surface area contributed by atoms with E-state index in [1.807, 2.05) is 35.9 Å². The zero-order chi connectivity index (χ0) is 20.1. The number of hydrogen-bond donors (Lipinski definition) is 1. The minimum atomic E-state index is -0.0595. The highest BCUT2D eigenvalue weighted by Gasteiger charge is 2.14. The number of thioether (sulfide) groups is 1. The van der Waals surface area contributed by atoms with Gasteiger partial charge in [-0.25, -0.2) is 0 Å². The number of aromatic nitrogens is 4. The highest BCUT2D eigenvalue weighted by molar-refractivity contribution is 7.99. The third kappa shape index (κ3) is 5.02. The van der Waals surface area contributed by atoms with Gasteiger partial charge in [-0.15, -0.1) is 10.2 Å². The van der Waals surface area contributed by atoms with E-state index in [2.05, 4.69) is 37.5 Å². The standard InChI is InChI=1S/C21H24N6OS/c1-26-20(17-8-10-22-11-9-17)24-25-21(26)29-15-19(28)23-18-6-4-16(5-7-18)14-27-12-2-3-13-27/h4-11H,2-3,12-15H2,1H3,(H,23,28). The van der Waals surface area contributed by atoms with Gasteiger partial charge in [0.05, 0.1) is 5.75 Å². The molecule has 1 amide bonds. The van der Waals surface area contributed by atoms with Crippen LogP contribution in [-0.2, 0) is 18.4 Å². The van der Waals surface area contributed by atoms with Crippen molar-refractivity contribution in [2.75, 3.05) is 24.2 Å². The molecular weight excluding hydrogens is 384 g/mol. The minimum absolute atomic E-state index is 0.0595.